The third-order valence-corrected chi connectivity index (χ3v) is 5.68. The molecule has 0 aliphatic heterocycles. The molecule has 0 fully saturated rings. The molecule has 0 atom stereocenters. The van der Waals surface area contributed by atoms with Crippen LogP contribution in [-0.2, 0) is 11.3 Å². The minimum absolute atomic E-state index is 0.0755. The average molecular weight is 518 g/mol. The van der Waals surface area contributed by atoms with Crippen LogP contribution >= 0.6 is 0 Å². The van der Waals surface area contributed by atoms with Gasteiger partial charge in [-0.05, 0) is 52.7 Å². The fourth-order valence-corrected chi connectivity index (χ4v) is 3.82. The molecule has 0 spiro atoms. The van der Waals surface area contributed by atoms with Crippen molar-refractivity contribution in [2.75, 3.05) is 25.7 Å². The van der Waals surface area contributed by atoms with Crippen molar-refractivity contribution in [3.05, 3.63) is 94.4 Å². The zero-order valence-electron chi connectivity index (χ0n) is 21.2. The predicted molar refractivity (Wildman–Crippen MR) is 139 cm³/mol. The van der Waals surface area contributed by atoms with Crippen LogP contribution in [0.4, 0.5) is 10.5 Å². The van der Waals surface area contributed by atoms with Crippen LogP contribution in [0.2, 0.25) is 0 Å². The van der Waals surface area contributed by atoms with Crippen molar-refractivity contribution in [3.8, 4) is 17.2 Å². The van der Waals surface area contributed by atoms with Gasteiger partial charge in [-0.1, -0.05) is 49.4 Å². The van der Waals surface area contributed by atoms with E-state index in [0.29, 0.717) is 28.2 Å². The second-order valence-corrected chi connectivity index (χ2v) is 8.14. The van der Waals surface area contributed by atoms with Crippen molar-refractivity contribution in [3.63, 3.8) is 0 Å². The van der Waals surface area contributed by atoms with Gasteiger partial charge in [-0.3, -0.25) is 4.90 Å². The lowest BCUT2D eigenvalue weighted by Gasteiger charge is -2.22. The van der Waals surface area contributed by atoms with Crippen LogP contribution in [0.25, 0.3) is 5.69 Å². The average Bonchev–Trinajstić information content (AvgIpc) is 3.35. The molecule has 3 aromatic carbocycles. The van der Waals surface area contributed by atoms with Gasteiger partial charge >= 0.3 is 17.7 Å². The van der Waals surface area contributed by atoms with E-state index >= 15 is 0 Å². The maximum absolute atomic E-state index is 13.5. The molecule has 0 unspecified atom stereocenters. The smallest absolute Gasteiger partial charge is 0.377 e. The molecule has 0 bridgehead atoms. The van der Waals surface area contributed by atoms with Crippen molar-refractivity contribution < 1.29 is 23.8 Å². The molecule has 4 aromatic rings. The van der Waals surface area contributed by atoms with Crippen LogP contribution in [0.15, 0.2) is 77.6 Å². The Kier molecular flexibility index (Phi) is 8.17. The molecule has 0 aliphatic carbocycles. The van der Waals surface area contributed by atoms with Crippen LogP contribution in [0.5, 0.6) is 11.5 Å². The number of hydrogen-bond acceptors (Lipinski definition) is 8. The van der Waals surface area contributed by atoms with Crippen LogP contribution in [0.1, 0.15) is 29.3 Å². The molecule has 0 aliphatic rings. The number of carbonyl (C=O) groups is 2. The standard InChI is InChI=1S/C27H27N5O6/c1-4-16-30(26(34)32-27(35)31(28-29-32)22-12-8-9-13-24(22)37-3)20-14-15-23(36-2)21(17-20)25(33)38-18-19-10-6-5-7-11-19/h5-15,17H,4,16,18H2,1-3H3. The van der Waals surface area contributed by atoms with Crippen LogP contribution in [0.3, 0.4) is 0 Å². The Morgan fingerprint density at radius 2 is 1.61 bits per heavy atom. The molecule has 38 heavy (non-hydrogen) atoms. The number of hydrogen-bond donors (Lipinski definition) is 0. The van der Waals surface area contributed by atoms with Gasteiger partial charge in [0.2, 0.25) is 0 Å². The summed E-state index contributed by atoms with van der Waals surface area (Å²) in [6.45, 7) is 2.21. The number of carbonyl (C=O) groups excluding carboxylic acids is 2. The Morgan fingerprint density at radius 1 is 0.895 bits per heavy atom. The fraction of sp³-hybridized carbons (Fsp3) is 0.222. The van der Waals surface area contributed by atoms with Gasteiger partial charge in [0, 0.05) is 12.2 Å². The Morgan fingerprint density at radius 3 is 2.32 bits per heavy atom. The lowest BCUT2D eigenvalue weighted by Crippen LogP contribution is -2.41. The first-order chi connectivity index (χ1) is 18.5. The highest BCUT2D eigenvalue weighted by Crippen LogP contribution is 2.27. The first kappa shape index (κ1) is 26.1. The molecule has 1 heterocycles. The minimum atomic E-state index is -0.767. The quantitative estimate of drug-likeness (QED) is 0.244. The van der Waals surface area contributed by atoms with E-state index in [9.17, 15) is 14.4 Å². The second-order valence-electron chi connectivity index (χ2n) is 8.14. The van der Waals surface area contributed by atoms with E-state index in [1.54, 1.807) is 36.4 Å². The SMILES string of the molecule is CCCN(C(=O)n1nnn(-c2ccccc2OC)c1=O)c1ccc(OC)c(C(=O)OCc2ccccc2)c1. The highest BCUT2D eigenvalue weighted by Gasteiger charge is 2.25. The monoisotopic (exact) mass is 517 g/mol. The molecule has 0 saturated heterocycles. The Hall–Kier alpha value is -4.93. The number of benzene rings is 3. The van der Waals surface area contributed by atoms with E-state index < -0.39 is 17.7 Å². The highest BCUT2D eigenvalue weighted by molar-refractivity contribution is 5.97. The number of aromatic nitrogens is 4. The van der Waals surface area contributed by atoms with Gasteiger partial charge in [0.25, 0.3) is 0 Å². The molecule has 1 amide bonds. The highest BCUT2D eigenvalue weighted by atomic mass is 16.5. The van der Waals surface area contributed by atoms with E-state index in [-0.39, 0.29) is 24.5 Å². The van der Waals surface area contributed by atoms with E-state index in [2.05, 4.69) is 10.4 Å². The van der Waals surface area contributed by atoms with Gasteiger partial charge in [-0.25, -0.2) is 14.4 Å². The van der Waals surface area contributed by atoms with E-state index in [4.69, 9.17) is 14.2 Å². The molecule has 196 valence electrons. The summed E-state index contributed by atoms with van der Waals surface area (Å²) in [5.74, 6) is 0.0686. The van der Waals surface area contributed by atoms with Gasteiger partial charge in [-0.2, -0.15) is 4.68 Å². The lowest BCUT2D eigenvalue weighted by atomic mass is 10.1. The molecule has 11 heteroatoms. The van der Waals surface area contributed by atoms with Crippen molar-refractivity contribution in [1.29, 1.82) is 0 Å². The Bertz CT molecular complexity index is 1480. The largest absolute Gasteiger partial charge is 0.496 e. The van der Waals surface area contributed by atoms with Crippen molar-refractivity contribution in [2.24, 2.45) is 0 Å². The minimum Gasteiger partial charge on any atom is -0.496 e. The molecule has 11 nitrogen and oxygen atoms in total. The van der Waals surface area contributed by atoms with E-state index in [1.807, 2.05) is 37.3 Å². The summed E-state index contributed by atoms with van der Waals surface area (Å²) in [7, 11) is 2.90. The van der Waals surface area contributed by atoms with Gasteiger partial charge < -0.3 is 14.2 Å². The van der Waals surface area contributed by atoms with E-state index in [1.165, 1.54) is 25.2 Å². The number of rotatable bonds is 9. The van der Waals surface area contributed by atoms with Crippen molar-refractivity contribution in [1.82, 2.24) is 19.8 Å². The molecule has 0 N–H and O–H groups in total. The first-order valence-corrected chi connectivity index (χ1v) is 11.9. The number of nitrogens with zero attached hydrogens (tertiary/aromatic N) is 5. The predicted octanol–water partition coefficient (Wildman–Crippen LogP) is 3.69. The van der Waals surface area contributed by atoms with Crippen LogP contribution in [0, 0.1) is 0 Å². The summed E-state index contributed by atoms with van der Waals surface area (Å²) in [6.07, 6.45) is 0.570. The van der Waals surface area contributed by atoms with Gasteiger partial charge in [0.1, 0.15) is 29.4 Å². The maximum atomic E-state index is 13.5. The van der Waals surface area contributed by atoms with Crippen LogP contribution in [-0.4, -0.2) is 52.6 Å². The summed E-state index contributed by atoms with van der Waals surface area (Å²) in [5.41, 5.74) is 0.907. The summed E-state index contributed by atoms with van der Waals surface area (Å²) in [6, 6.07) is 20.0. The van der Waals surface area contributed by atoms with E-state index in [0.717, 1.165) is 10.2 Å². The molecule has 4 rings (SSSR count). The molecule has 1 aromatic heterocycles. The van der Waals surface area contributed by atoms with Crippen molar-refractivity contribution in [2.45, 2.75) is 20.0 Å². The third-order valence-electron chi connectivity index (χ3n) is 5.68. The lowest BCUT2D eigenvalue weighted by molar-refractivity contribution is 0.0469. The first-order valence-electron chi connectivity index (χ1n) is 11.9. The number of anilines is 1. The maximum Gasteiger partial charge on any atom is 0.377 e. The zero-order valence-corrected chi connectivity index (χ0v) is 21.2. The number of methoxy groups -OCH3 is 2. The number of para-hydroxylation sites is 2. The topological polar surface area (TPSA) is 118 Å². The summed E-state index contributed by atoms with van der Waals surface area (Å²) < 4.78 is 17.8. The number of esters is 1. The summed E-state index contributed by atoms with van der Waals surface area (Å²) in [5, 5.41) is 7.68. The molecule has 0 radical (unpaired) electrons. The fourth-order valence-electron chi connectivity index (χ4n) is 3.82. The molecular weight excluding hydrogens is 490 g/mol. The molecular formula is C27H27N5O6. The van der Waals surface area contributed by atoms with Crippen molar-refractivity contribution >= 4 is 17.7 Å². The second kappa shape index (κ2) is 11.9. The molecule has 0 saturated carbocycles. The third kappa shape index (κ3) is 5.41. The summed E-state index contributed by atoms with van der Waals surface area (Å²) in [4.78, 5) is 40.9. The number of tetrazole rings is 1. The Balaban J connectivity index is 1.65. The number of ether oxygens (including phenoxy) is 3. The number of amides is 1. The Labute approximate surface area is 218 Å². The van der Waals surface area contributed by atoms with Gasteiger partial charge in [0.05, 0.1) is 14.2 Å². The normalized spacial score (nSPS) is 10.6. The van der Waals surface area contributed by atoms with Gasteiger partial charge in [0.15, 0.2) is 0 Å². The van der Waals surface area contributed by atoms with Gasteiger partial charge in [-0.15, -0.1) is 4.68 Å². The summed E-state index contributed by atoms with van der Waals surface area (Å²) >= 11 is 0. The van der Waals surface area contributed by atoms with Crippen LogP contribution < -0.4 is 20.1 Å². The zero-order chi connectivity index (χ0) is 27.1.